The number of hydrogen-bond donors (Lipinski definition) is 0. The highest BCUT2D eigenvalue weighted by molar-refractivity contribution is 5.81. The molecular formula is C24H27N3O3. The molecule has 0 saturated carbocycles. The van der Waals surface area contributed by atoms with Crippen LogP contribution in [0, 0.1) is 6.92 Å². The zero-order valence-corrected chi connectivity index (χ0v) is 17.3. The van der Waals surface area contributed by atoms with Crippen molar-refractivity contribution in [2.24, 2.45) is 0 Å². The van der Waals surface area contributed by atoms with E-state index in [1.165, 1.54) is 11.1 Å². The van der Waals surface area contributed by atoms with Crippen LogP contribution >= 0.6 is 0 Å². The number of imidazole rings is 1. The average molecular weight is 405 g/mol. The van der Waals surface area contributed by atoms with Crippen molar-refractivity contribution in [1.29, 1.82) is 0 Å². The zero-order valence-electron chi connectivity index (χ0n) is 17.3. The molecule has 1 aromatic carbocycles. The number of pyridine rings is 1. The number of likely N-dealkylation sites (tertiary alicyclic amines) is 1. The van der Waals surface area contributed by atoms with Gasteiger partial charge in [0.2, 0.25) is 0 Å². The summed E-state index contributed by atoms with van der Waals surface area (Å²) < 4.78 is 13.8. The summed E-state index contributed by atoms with van der Waals surface area (Å²) in [5, 5.41) is 0. The number of rotatable bonds is 4. The second-order valence-corrected chi connectivity index (χ2v) is 8.23. The number of nitrogens with zero attached hydrogens (tertiary/aromatic N) is 3. The zero-order chi connectivity index (χ0) is 20.5. The maximum Gasteiger partial charge on any atom is 0.251 e. The smallest absolute Gasteiger partial charge is 0.251 e. The molecule has 0 bridgehead atoms. The highest BCUT2D eigenvalue weighted by Gasteiger charge is 2.31. The summed E-state index contributed by atoms with van der Waals surface area (Å²) in [5.74, 6) is 1.03. The van der Waals surface area contributed by atoms with Crippen LogP contribution in [0.2, 0.25) is 0 Å². The van der Waals surface area contributed by atoms with Crippen LogP contribution in [0.1, 0.15) is 31.2 Å². The molecule has 2 saturated heterocycles. The fraction of sp³-hybridized carbons (Fsp3) is 0.417. The van der Waals surface area contributed by atoms with Crippen LogP contribution < -0.4 is 4.74 Å². The Hall–Kier alpha value is -2.86. The molecule has 4 heterocycles. The number of ether oxygens (including phenoxy) is 2. The standard InChI is InChI=1S/C24H27N3O3/c1-17-15-23-25-10-13-27(23)16-21(17)18-4-6-19(7-5-18)30-20-8-11-26(12-9-20)24(28)22-3-2-14-29-22/h4-7,10,13,15-16,20,22H,2-3,8-9,11-12,14H2,1H3. The van der Waals surface area contributed by atoms with Gasteiger partial charge in [0, 0.05) is 56.7 Å². The third-order valence-electron chi connectivity index (χ3n) is 6.16. The number of amides is 1. The number of piperidine rings is 1. The van der Waals surface area contributed by atoms with Crippen LogP contribution in [0.15, 0.2) is 48.9 Å². The first-order chi connectivity index (χ1) is 14.7. The van der Waals surface area contributed by atoms with Gasteiger partial charge in [0.05, 0.1) is 0 Å². The summed E-state index contributed by atoms with van der Waals surface area (Å²) in [6, 6.07) is 10.4. The van der Waals surface area contributed by atoms with E-state index in [1.807, 2.05) is 33.8 Å². The third kappa shape index (κ3) is 3.79. The van der Waals surface area contributed by atoms with Crippen LogP contribution in [-0.2, 0) is 9.53 Å². The number of aryl methyl sites for hydroxylation is 1. The fourth-order valence-electron chi connectivity index (χ4n) is 4.44. The summed E-state index contributed by atoms with van der Waals surface area (Å²) in [4.78, 5) is 18.8. The highest BCUT2D eigenvalue weighted by atomic mass is 16.5. The molecular weight excluding hydrogens is 378 g/mol. The maximum atomic E-state index is 12.5. The minimum atomic E-state index is -0.222. The number of hydrogen-bond acceptors (Lipinski definition) is 4. The Balaban J connectivity index is 1.20. The van der Waals surface area contributed by atoms with E-state index in [0.717, 1.165) is 55.7 Å². The molecule has 2 aromatic heterocycles. The normalized spacial score (nSPS) is 20.0. The van der Waals surface area contributed by atoms with Gasteiger partial charge in [-0.1, -0.05) is 12.1 Å². The molecule has 5 rings (SSSR count). The predicted octanol–water partition coefficient (Wildman–Crippen LogP) is 3.86. The summed E-state index contributed by atoms with van der Waals surface area (Å²) in [5.41, 5.74) is 4.51. The van der Waals surface area contributed by atoms with E-state index in [-0.39, 0.29) is 18.1 Å². The van der Waals surface area contributed by atoms with Crippen molar-refractivity contribution in [2.75, 3.05) is 19.7 Å². The van der Waals surface area contributed by atoms with Crippen LogP contribution in [0.25, 0.3) is 16.8 Å². The average Bonchev–Trinajstić information content (AvgIpc) is 3.46. The van der Waals surface area contributed by atoms with Gasteiger partial charge in [-0.25, -0.2) is 4.98 Å². The monoisotopic (exact) mass is 405 g/mol. The molecule has 2 aliphatic heterocycles. The van der Waals surface area contributed by atoms with Crippen LogP contribution in [0.5, 0.6) is 5.75 Å². The van der Waals surface area contributed by atoms with Crippen molar-refractivity contribution in [2.45, 2.75) is 44.8 Å². The van der Waals surface area contributed by atoms with E-state index < -0.39 is 0 Å². The Kier molecular flexibility index (Phi) is 5.17. The van der Waals surface area contributed by atoms with Crippen molar-refractivity contribution >= 4 is 11.6 Å². The highest BCUT2D eigenvalue weighted by Crippen LogP contribution is 2.28. The second kappa shape index (κ2) is 8.11. The molecule has 1 unspecified atom stereocenters. The van der Waals surface area contributed by atoms with Gasteiger partial charge in [-0.05, 0) is 49.1 Å². The lowest BCUT2D eigenvalue weighted by molar-refractivity contribution is -0.142. The lowest BCUT2D eigenvalue weighted by Gasteiger charge is -2.33. The molecule has 3 aromatic rings. The Bertz CT molecular complexity index is 1030. The Morgan fingerprint density at radius 2 is 1.97 bits per heavy atom. The fourth-order valence-corrected chi connectivity index (χ4v) is 4.44. The minimum Gasteiger partial charge on any atom is -0.490 e. The SMILES string of the molecule is Cc1cc2nccn2cc1-c1ccc(OC2CCN(C(=O)C3CCCO3)CC2)cc1. The molecule has 2 fully saturated rings. The molecule has 6 heteroatoms. The quantitative estimate of drug-likeness (QED) is 0.661. The molecule has 156 valence electrons. The number of benzene rings is 1. The van der Waals surface area contributed by atoms with Crippen molar-refractivity contribution in [3.05, 3.63) is 54.5 Å². The molecule has 0 spiro atoms. The van der Waals surface area contributed by atoms with Crippen LogP contribution in [0.3, 0.4) is 0 Å². The molecule has 0 N–H and O–H groups in total. The number of fused-ring (bicyclic) bond motifs is 1. The first-order valence-electron chi connectivity index (χ1n) is 10.8. The molecule has 0 radical (unpaired) electrons. The van der Waals surface area contributed by atoms with Crippen LogP contribution in [-0.4, -0.2) is 52.1 Å². The van der Waals surface area contributed by atoms with Crippen molar-refractivity contribution in [3.8, 4) is 16.9 Å². The van der Waals surface area contributed by atoms with Gasteiger partial charge in [0.15, 0.2) is 0 Å². The van der Waals surface area contributed by atoms with Crippen molar-refractivity contribution < 1.29 is 14.3 Å². The van der Waals surface area contributed by atoms with Crippen LogP contribution in [0.4, 0.5) is 0 Å². The summed E-state index contributed by atoms with van der Waals surface area (Å²) >= 11 is 0. The maximum absolute atomic E-state index is 12.5. The van der Waals surface area contributed by atoms with E-state index >= 15 is 0 Å². The lowest BCUT2D eigenvalue weighted by Crippen LogP contribution is -2.45. The molecule has 1 amide bonds. The third-order valence-corrected chi connectivity index (χ3v) is 6.16. The molecule has 6 nitrogen and oxygen atoms in total. The van der Waals surface area contributed by atoms with Gasteiger partial charge in [-0.3, -0.25) is 4.79 Å². The van der Waals surface area contributed by atoms with E-state index in [1.54, 1.807) is 0 Å². The van der Waals surface area contributed by atoms with Gasteiger partial charge in [0.1, 0.15) is 23.6 Å². The Labute approximate surface area is 176 Å². The van der Waals surface area contributed by atoms with Gasteiger partial charge in [-0.15, -0.1) is 0 Å². The first kappa shape index (κ1) is 19.1. The van der Waals surface area contributed by atoms with Gasteiger partial charge >= 0.3 is 0 Å². The van der Waals surface area contributed by atoms with E-state index in [2.05, 4.69) is 36.3 Å². The van der Waals surface area contributed by atoms with Gasteiger partial charge < -0.3 is 18.8 Å². The van der Waals surface area contributed by atoms with E-state index in [0.29, 0.717) is 6.61 Å². The number of carbonyl (C=O) groups is 1. The molecule has 30 heavy (non-hydrogen) atoms. The topological polar surface area (TPSA) is 56.1 Å². The molecule has 2 aliphatic rings. The number of carbonyl (C=O) groups excluding carboxylic acids is 1. The van der Waals surface area contributed by atoms with Crippen molar-refractivity contribution in [1.82, 2.24) is 14.3 Å². The predicted molar refractivity (Wildman–Crippen MR) is 115 cm³/mol. The Morgan fingerprint density at radius 1 is 1.17 bits per heavy atom. The van der Waals surface area contributed by atoms with E-state index in [4.69, 9.17) is 9.47 Å². The first-order valence-corrected chi connectivity index (χ1v) is 10.8. The minimum absolute atomic E-state index is 0.147. The largest absolute Gasteiger partial charge is 0.490 e. The lowest BCUT2D eigenvalue weighted by atomic mass is 10.0. The summed E-state index contributed by atoms with van der Waals surface area (Å²) in [6.07, 6.45) is 9.38. The van der Waals surface area contributed by atoms with Gasteiger partial charge in [0.25, 0.3) is 5.91 Å². The van der Waals surface area contributed by atoms with Gasteiger partial charge in [-0.2, -0.15) is 0 Å². The molecule has 1 atom stereocenters. The molecule has 0 aliphatic carbocycles. The number of aromatic nitrogens is 2. The summed E-state index contributed by atoms with van der Waals surface area (Å²) in [7, 11) is 0. The van der Waals surface area contributed by atoms with Crippen molar-refractivity contribution in [3.63, 3.8) is 0 Å². The second-order valence-electron chi connectivity index (χ2n) is 8.23. The summed E-state index contributed by atoms with van der Waals surface area (Å²) in [6.45, 7) is 4.30. The Morgan fingerprint density at radius 3 is 2.70 bits per heavy atom. The van der Waals surface area contributed by atoms with E-state index in [9.17, 15) is 4.79 Å².